The monoisotopic (exact) mass is 186 g/mol. The van der Waals surface area contributed by atoms with Crippen molar-refractivity contribution >= 4 is 5.69 Å². The number of alkyl halides is 2. The summed E-state index contributed by atoms with van der Waals surface area (Å²) >= 11 is 0. The zero-order valence-corrected chi connectivity index (χ0v) is 7.35. The number of halogens is 2. The molecule has 0 aliphatic carbocycles. The lowest BCUT2D eigenvalue weighted by Crippen LogP contribution is -2.07. The van der Waals surface area contributed by atoms with Crippen LogP contribution in [0.3, 0.4) is 0 Å². The van der Waals surface area contributed by atoms with E-state index in [1.807, 2.05) is 6.92 Å². The Bertz CT molecular complexity index is 287. The van der Waals surface area contributed by atoms with Crippen molar-refractivity contribution in [1.82, 2.24) is 0 Å². The predicted octanol–water partition coefficient (Wildman–Crippen LogP) is 2.47. The van der Waals surface area contributed by atoms with Gasteiger partial charge in [-0.15, -0.1) is 0 Å². The summed E-state index contributed by atoms with van der Waals surface area (Å²) < 4.78 is 24.9. The summed E-state index contributed by atoms with van der Waals surface area (Å²) in [6.07, 6.45) is -1.84. The fourth-order valence-corrected chi connectivity index (χ4v) is 1.21. The van der Waals surface area contributed by atoms with Gasteiger partial charge in [-0.1, -0.05) is 13.0 Å². The van der Waals surface area contributed by atoms with Crippen molar-refractivity contribution in [3.63, 3.8) is 0 Å². The van der Waals surface area contributed by atoms with Gasteiger partial charge in [0.05, 0.1) is 0 Å². The van der Waals surface area contributed by atoms with Crippen LogP contribution in [0.1, 0.15) is 24.5 Å². The van der Waals surface area contributed by atoms with Crippen LogP contribution in [0, 0.1) is 0 Å². The summed E-state index contributed by atoms with van der Waals surface area (Å²) in [7, 11) is 0. The Hall–Kier alpha value is -1.16. The third-order valence-electron chi connectivity index (χ3n) is 1.93. The minimum Gasteiger partial charge on any atom is -0.324 e. The normalized spacial score (nSPS) is 10.5. The fourth-order valence-electron chi connectivity index (χ4n) is 1.21. The molecule has 1 rings (SSSR count). The molecule has 13 heavy (non-hydrogen) atoms. The smallest absolute Gasteiger partial charge is 0.264 e. The lowest BCUT2D eigenvalue weighted by molar-refractivity contribution is 0.150. The second kappa shape index (κ2) is 4.18. The molecule has 0 saturated carbocycles. The number of rotatable bonds is 3. The van der Waals surface area contributed by atoms with E-state index in [1.165, 1.54) is 6.07 Å². The first-order valence-electron chi connectivity index (χ1n) is 4.06. The van der Waals surface area contributed by atoms with Gasteiger partial charge in [-0.3, -0.25) is 5.84 Å². The first-order valence-corrected chi connectivity index (χ1v) is 4.06. The highest BCUT2D eigenvalue weighted by molar-refractivity contribution is 5.48. The van der Waals surface area contributed by atoms with Crippen LogP contribution in [0.25, 0.3) is 0 Å². The number of nitrogen functional groups attached to an aromatic ring is 1. The lowest BCUT2D eigenvalue weighted by atomic mass is 10.0. The van der Waals surface area contributed by atoms with Gasteiger partial charge in [0.2, 0.25) is 0 Å². The maximum Gasteiger partial charge on any atom is 0.264 e. The first-order chi connectivity index (χ1) is 6.19. The van der Waals surface area contributed by atoms with E-state index in [9.17, 15) is 8.78 Å². The van der Waals surface area contributed by atoms with Crippen molar-refractivity contribution in [2.24, 2.45) is 5.84 Å². The Labute approximate surface area is 75.7 Å². The highest BCUT2D eigenvalue weighted by Gasteiger charge is 2.11. The maximum atomic E-state index is 12.5. The molecule has 2 nitrogen and oxygen atoms in total. The molecular weight excluding hydrogens is 174 g/mol. The van der Waals surface area contributed by atoms with Crippen LogP contribution < -0.4 is 11.3 Å². The van der Waals surface area contributed by atoms with Gasteiger partial charge in [0, 0.05) is 11.3 Å². The lowest BCUT2D eigenvalue weighted by Gasteiger charge is -2.08. The number of nitrogens with one attached hydrogen (secondary N) is 1. The van der Waals surface area contributed by atoms with Gasteiger partial charge in [-0.05, 0) is 24.1 Å². The summed E-state index contributed by atoms with van der Waals surface area (Å²) in [4.78, 5) is 0. The molecule has 4 heteroatoms. The van der Waals surface area contributed by atoms with Gasteiger partial charge in [-0.2, -0.15) is 0 Å². The van der Waals surface area contributed by atoms with Crippen LogP contribution >= 0.6 is 0 Å². The number of benzene rings is 1. The Morgan fingerprint density at radius 3 is 2.62 bits per heavy atom. The van der Waals surface area contributed by atoms with E-state index in [2.05, 4.69) is 5.43 Å². The van der Waals surface area contributed by atoms with Crippen molar-refractivity contribution in [3.05, 3.63) is 29.3 Å². The third-order valence-corrected chi connectivity index (χ3v) is 1.93. The van der Waals surface area contributed by atoms with E-state index < -0.39 is 6.43 Å². The van der Waals surface area contributed by atoms with E-state index in [1.54, 1.807) is 12.1 Å². The van der Waals surface area contributed by atoms with Crippen molar-refractivity contribution in [3.8, 4) is 0 Å². The molecule has 72 valence electrons. The molecule has 0 bridgehead atoms. The maximum absolute atomic E-state index is 12.5. The van der Waals surface area contributed by atoms with Crippen LogP contribution in [0.15, 0.2) is 18.2 Å². The standard InChI is InChI=1S/C9H12F2N2/c1-2-6-3-4-7(13-12)5-8(6)9(10)11/h3-5,9,13H,2,12H2,1H3. The Morgan fingerprint density at radius 2 is 2.15 bits per heavy atom. The molecule has 0 unspecified atom stereocenters. The molecule has 1 aromatic carbocycles. The predicted molar refractivity (Wildman–Crippen MR) is 48.6 cm³/mol. The number of nitrogens with two attached hydrogens (primary N) is 1. The molecule has 0 saturated heterocycles. The van der Waals surface area contributed by atoms with Crippen molar-refractivity contribution in [1.29, 1.82) is 0 Å². The second-order valence-electron chi connectivity index (χ2n) is 2.71. The van der Waals surface area contributed by atoms with Gasteiger partial charge in [0.15, 0.2) is 0 Å². The summed E-state index contributed by atoms with van der Waals surface area (Å²) in [5.74, 6) is 5.12. The molecular formula is C9H12F2N2. The van der Waals surface area contributed by atoms with Crippen LogP contribution in [0.2, 0.25) is 0 Å². The van der Waals surface area contributed by atoms with Gasteiger partial charge >= 0.3 is 0 Å². The van der Waals surface area contributed by atoms with Crippen LogP contribution in [0.4, 0.5) is 14.5 Å². The Kier molecular flexibility index (Phi) is 3.19. The number of aryl methyl sites for hydroxylation is 1. The summed E-state index contributed by atoms with van der Waals surface area (Å²) in [6.45, 7) is 1.84. The first kappa shape index (κ1) is 9.92. The average Bonchev–Trinajstić information content (AvgIpc) is 2.16. The second-order valence-corrected chi connectivity index (χ2v) is 2.71. The molecule has 0 amide bonds. The highest BCUT2D eigenvalue weighted by atomic mass is 19.3. The average molecular weight is 186 g/mol. The van der Waals surface area contributed by atoms with Crippen molar-refractivity contribution in [2.75, 3.05) is 5.43 Å². The van der Waals surface area contributed by atoms with Crippen LogP contribution in [0.5, 0.6) is 0 Å². The molecule has 0 aliphatic heterocycles. The van der Waals surface area contributed by atoms with Crippen LogP contribution in [-0.2, 0) is 6.42 Å². The molecule has 1 aromatic rings. The number of hydrogen-bond acceptors (Lipinski definition) is 2. The minimum absolute atomic E-state index is 0.0537. The van der Waals surface area contributed by atoms with E-state index in [4.69, 9.17) is 5.84 Å². The third kappa shape index (κ3) is 2.15. The summed E-state index contributed by atoms with van der Waals surface area (Å²) in [5, 5.41) is 0. The largest absolute Gasteiger partial charge is 0.324 e. The summed E-state index contributed by atoms with van der Waals surface area (Å²) in [6, 6.07) is 4.73. The Morgan fingerprint density at radius 1 is 1.46 bits per heavy atom. The van der Waals surface area contributed by atoms with E-state index in [0.29, 0.717) is 17.7 Å². The van der Waals surface area contributed by atoms with Gasteiger partial charge < -0.3 is 5.43 Å². The number of hydrogen-bond donors (Lipinski definition) is 2. The molecule has 0 aromatic heterocycles. The molecule has 0 spiro atoms. The number of anilines is 1. The van der Waals surface area contributed by atoms with E-state index >= 15 is 0 Å². The fraction of sp³-hybridized carbons (Fsp3) is 0.333. The Balaban J connectivity index is 3.10. The zero-order chi connectivity index (χ0) is 9.84. The van der Waals surface area contributed by atoms with Gasteiger partial charge in [0.25, 0.3) is 6.43 Å². The van der Waals surface area contributed by atoms with E-state index in [-0.39, 0.29) is 5.56 Å². The molecule has 0 fully saturated rings. The van der Waals surface area contributed by atoms with Crippen LogP contribution in [-0.4, -0.2) is 0 Å². The molecule has 0 aliphatic rings. The number of hydrazine groups is 1. The van der Waals surface area contributed by atoms with Crippen molar-refractivity contribution < 1.29 is 8.78 Å². The van der Waals surface area contributed by atoms with Crippen molar-refractivity contribution in [2.45, 2.75) is 19.8 Å². The minimum atomic E-state index is -2.44. The molecule has 0 heterocycles. The quantitative estimate of drug-likeness (QED) is 0.562. The SMILES string of the molecule is CCc1ccc(NN)cc1C(F)F. The molecule has 0 atom stereocenters. The van der Waals surface area contributed by atoms with E-state index in [0.717, 1.165) is 0 Å². The summed E-state index contributed by atoms with van der Waals surface area (Å²) in [5.41, 5.74) is 3.56. The molecule has 3 N–H and O–H groups in total. The van der Waals surface area contributed by atoms with Gasteiger partial charge in [-0.25, -0.2) is 8.78 Å². The highest BCUT2D eigenvalue weighted by Crippen LogP contribution is 2.26. The van der Waals surface area contributed by atoms with Gasteiger partial charge in [0.1, 0.15) is 0 Å². The zero-order valence-electron chi connectivity index (χ0n) is 7.35. The topological polar surface area (TPSA) is 38.0 Å². The molecule has 0 radical (unpaired) electrons.